The molecule has 0 unspecified atom stereocenters. The number of unbranched alkanes of at least 4 members (excludes halogenated alkanes) is 1. The number of halogens is 1. The molecular formula is C10H15FN2O3. The van der Waals surface area contributed by atoms with Crippen LogP contribution < -0.4 is 11.2 Å². The number of nitrogens with one attached hydrogen (secondary N) is 1. The fourth-order valence-corrected chi connectivity index (χ4v) is 1.21. The van der Waals surface area contributed by atoms with Crippen LogP contribution in [0.1, 0.15) is 32.9 Å². The summed E-state index contributed by atoms with van der Waals surface area (Å²) in [4.78, 5) is 24.0. The highest BCUT2D eigenvalue weighted by Crippen LogP contribution is 2.04. The fraction of sp³-hybridized carbons (Fsp3) is 0.600. The molecule has 1 aromatic rings. The van der Waals surface area contributed by atoms with Crippen LogP contribution in [0.2, 0.25) is 0 Å². The summed E-state index contributed by atoms with van der Waals surface area (Å²) in [6.45, 7) is 4.12. The van der Waals surface area contributed by atoms with E-state index in [0.29, 0.717) is 6.61 Å². The Labute approximate surface area is 91.9 Å². The third-order valence-corrected chi connectivity index (χ3v) is 2.17. The minimum absolute atomic E-state index is 0.491. The van der Waals surface area contributed by atoms with Gasteiger partial charge in [0.15, 0.2) is 0 Å². The van der Waals surface area contributed by atoms with Crippen molar-refractivity contribution in [3.8, 4) is 0 Å². The van der Waals surface area contributed by atoms with Gasteiger partial charge in [0.1, 0.15) is 6.23 Å². The second kappa shape index (κ2) is 5.60. The van der Waals surface area contributed by atoms with E-state index in [0.717, 1.165) is 23.6 Å². The number of ether oxygens (including phenoxy) is 1. The molecule has 0 bridgehead atoms. The molecule has 0 fully saturated rings. The van der Waals surface area contributed by atoms with Gasteiger partial charge >= 0.3 is 5.69 Å². The number of aromatic nitrogens is 2. The Bertz CT molecular complexity index is 452. The molecule has 0 amide bonds. The molecule has 90 valence electrons. The molecule has 0 saturated heterocycles. The first-order chi connectivity index (χ1) is 7.56. The highest BCUT2D eigenvalue weighted by atomic mass is 19.1. The molecule has 0 spiro atoms. The SMILES string of the molecule is CCCCO[C@H](C)n1cc(F)c(=O)[nH]c1=O. The van der Waals surface area contributed by atoms with Gasteiger partial charge in [-0.2, -0.15) is 4.39 Å². The lowest BCUT2D eigenvalue weighted by Gasteiger charge is -2.15. The second-order valence-corrected chi connectivity index (χ2v) is 3.47. The number of hydrogen-bond donors (Lipinski definition) is 1. The van der Waals surface area contributed by atoms with Gasteiger partial charge in [0.2, 0.25) is 5.82 Å². The van der Waals surface area contributed by atoms with Crippen molar-refractivity contribution in [2.45, 2.75) is 32.9 Å². The van der Waals surface area contributed by atoms with Gasteiger partial charge in [-0.25, -0.2) is 4.79 Å². The molecule has 1 heterocycles. The van der Waals surface area contributed by atoms with Gasteiger partial charge < -0.3 is 4.74 Å². The van der Waals surface area contributed by atoms with Crippen LogP contribution in [0.3, 0.4) is 0 Å². The maximum atomic E-state index is 12.9. The van der Waals surface area contributed by atoms with Gasteiger partial charge in [-0.05, 0) is 13.3 Å². The zero-order chi connectivity index (χ0) is 12.1. The topological polar surface area (TPSA) is 64.1 Å². The summed E-state index contributed by atoms with van der Waals surface area (Å²) in [7, 11) is 0. The third-order valence-electron chi connectivity index (χ3n) is 2.17. The molecule has 0 aliphatic rings. The van der Waals surface area contributed by atoms with Crippen molar-refractivity contribution in [1.29, 1.82) is 0 Å². The van der Waals surface area contributed by atoms with Crippen LogP contribution in [0.4, 0.5) is 4.39 Å². The van der Waals surface area contributed by atoms with E-state index in [1.807, 2.05) is 11.9 Å². The standard InChI is InChI=1S/C10H15FN2O3/c1-3-4-5-16-7(2)13-6-8(11)9(14)12-10(13)15/h6-7H,3-5H2,1-2H3,(H,12,14,15)/t7-/m1/s1. The van der Waals surface area contributed by atoms with E-state index in [-0.39, 0.29) is 0 Å². The summed E-state index contributed by atoms with van der Waals surface area (Å²) < 4.78 is 19.3. The molecular weight excluding hydrogens is 215 g/mol. The molecule has 1 aromatic heterocycles. The molecule has 1 rings (SSSR count). The van der Waals surface area contributed by atoms with Crippen LogP contribution in [0.15, 0.2) is 15.8 Å². The zero-order valence-electron chi connectivity index (χ0n) is 9.33. The quantitative estimate of drug-likeness (QED) is 0.768. The Balaban J connectivity index is 2.83. The summed E-state index contributed by atoms with van der Waals surface area (Å²) in [5.41, 5.74) is -1.68. The van der Waals surface area contributed by atoms with E-state index in [9.17, 15) is 14.0 Å². The molecule has 0 aromatic carbocycles. The third kappa shape index (κ3) is 3.03. The molecule has 6 heteroatoms. The molecule has 1 N–H and O–H groups in total. The van der Waals surface area contributed by atoms with Crippen molar-refractivity contribution in [1.82, 2.24) is 9.55 Å². The van der Waals surface area contributed by atoms with Crippen LogP contribution in [-0.4, -0.2) is 16.2 Å². The summed E-state index contributed by atoms with van der Waals surface area (Å²) in [5.74, 6) is -0.995. The predicted octanol–water partition coefficient (Wildman–Crippen LogP) is 1.01. The van der Waals surface area contributed by atoms with E-state index in [4.69, 9.17) is 4.74 Å². The Morgan fingerprint density at radius 2 is 2.25 bits per heavy atom. The lowest BCUT2D eigenvalue weighted by Crippen LogP contribution is -2.33. The average molecular weight is 230 g/mol. The second-order valence-electron chi connectivity index (χ2n) is 3.47. The first-order valence-electron chi connectivity index (χ1n) is 5.18. The summed E-state index contributed by atoms with van der Waals surface area (Å²) in [6, 6.07) is 0. The molecule has 16 heavy (non-hydrogen) atoms. The van der Waals surface area contributed by atoms with Crippen LogP contribution >= 0.6 is 0 Å². The monoisotopic (exact) mass is 230 g/mol. The van der Waals surface area contributed by atoms with E-state index < -0.39 is 23.3 Å². The Hall–Kier alpha value is -1.43. The maximum absolute atomic E-state index is 12.9. The summed E-state index contributed by atoms with van der Waals surface area (Å²) >= 11 is 0. The van der Waals surface area contributed by atoms with Crippen molar-refractivity contribution in [3.05, 3.63) is 32.9 Å². The van der Waals surface area contributed by atoms with Gasteiger partial charge in [0, 0.05) is 6.61 Å². The fourth-order valence-electron chi connectivity index (χ4n) is 1.21. The van der Waals surface area contributed by atoms with Crippen molar-refractivity contribution < 1.29 is 9.13 Å². The van der Waals surface area contributed by atoms with E-state index >= 15 is 0 Å². The Morgan fingerprint density at radius 3 is 2.88 bits per heavy atom. The molecule has 0 aliphatic heterocycles. The van der Waals surface area contributed by atoms with Crippen LogP contribution in [-0.2, 0) is 4.74 Å². The lowest BCUT2D eigenvalue weighted by molar-refractivity contribution is 0.0107. The van der Waals surface area contributed by atoms with E-state index in [1.54, 1.807) is 6.92 Å². The van der Waals surface area contributed by atoms with E-state index in [2.05, 4.69) is 0 Å². The van der Waals surface area contributed by atoms with Crippen LogP contribution in [0, 0.1) is 5.82 Å². The molecule has 5 nitrogen and oxygen atoms in total. The number of aromatic amines is 1. The van der Waals surface area contributed by atoms with Gasteiger partial charge in [0.25, 0.3) is 5.56 Å². The molecule has 1 atom stereocenters. The van der Waals surface area contributed by atoms with Gasteiger partial charge in [-0.3, -0.25) is 14.3 Å². The van der Waals surface area contributed by atoms with Gasteiger partial charge in [-0.1, -0.05) is 13.3 Å². The van der Waals surface area contributed by atoms with E-state index in [1.165, 1.54) is 0 Å². The van der Waals surface area contributed by atoms with Gasteiger partial charge in [-0.15, -0.1) is 0 Å². The first kappa shape index (κ1) is 12.6. The predicted molar refractivity (Wildman–Crippen MR) is 56.9 cm³/mol. The molecule has 0 saturated carbocycles. The largest absolute Gasteiger partial charge is 0.358 e. The summed E-state index contributed by atoms with van der Waals surface area (Å²) in [6.07, 6.45) is 2.11. The van der Waals surface area contributed by atoms with Crippen molar-refractivity contribution in [2.24, 2.45) is 0 Å². The minimum atomic E-state index is -1.01. The van der Waals surface area contributed by atoms with Crippen LogP contribution in [0.25, 0.3) is 0 Å². The lowest BCUT2D eigenvalue weighted by atomic mass is 10.4. The smallest absolute Gasteiger partial charge is 0.330 e. The molecule has 0 radical (unpaired) electrons. The van der Waals surface area contributed by atoms with Crippen LogP contribution in [0.5, 0.6) is 0 Å². The van der Waals surface area contributed by atoms with Gasteiger partial charge in [0.05, 0.1) is 6.20 Å². The average Bonchev–Trinajstić information content (AvgIpc) is 2.23. The Kier molecular flexibility index (Phi) is 4.42. The number of H-pyrrole nitrogens is 1. The Morgan fingerprint density at radius 1 is 1.56 bits per heavy atom. The summed E-state index contributed by atoms with van der Waals surface area (Å²) in [5, 5.41) is 0. The normalized spacial score (nSPS) is 12.7. The highest BCUT2D eigenvalue weighted by molar-refractivity contribution is 4.87. The van der Waals surface area contributed by atoms with Crippen molar-refractivity contribution in [2.75, 3.05) is 6.61 Å². The maximum Gasteiger partial charge on any atom is 0.330 e. The molecule has 0 aliphatic carbocycles. The number of hydrogen-bond acceptors (Lipinski definition) is 3. The van der Waals surface area contributed by atoms with Crippen molar-refractivity contribution in [3.63, 3.8) is 0 Å². The first-order valence-corrected chi connectivity index (χ1v) is 5.18. The zero-order valence-corrected chi connectivity index (χ0v) is 9.33. The minimum Gasteiger partial charge on any atom is -0.358 e. The highest BCUT2D eigenvalue weighted by Gasteiger charge is 2.09. The number of nitrogens with zero attached hydrogens (tertiary/aromatic N) is 1. The number of rotatable bonds is 5. The van der Waals surface area contributed by atoms with Crippen molar-refractivity contribution >= 4 is 0 Å².